The summed E-state index contributed by atoms with van der Waals surface area (Å²) in [6, 6.07) is 10.8. The van der Waals surface area contributed by atoms with E-state index in [4.69, 9.17) is 27.9 Å². The van der Waals surface area contributed by atoms with E-state index in [9.17, 15) is 4.79 Å². The van der Waals surface area contributed by atoms with E-state index < -0.39 is 0 Å². The molecule has 0 radical (unpaired) electrons. The summed E-state index contributed by atoms with van der Waals surface area (Å²) in [5, 5.41) is 3.56. The van der Waals surface area contributed by atoms with Crippen molar-refractivity contribution in [2.45, 2.75) is 13.8 Å². The second-order valence-corrected chi connectivity index (χ2v) is 5.45. The minimum Gasteiger partial charge on any atom is -0.481 e. The van der Waals surface area contributed by atoms with Crippen molar-refractivity contribution in [2.24, 2.45) is 0 Å². The van der Waals surface area contributed by atoms with Gasteiger partial charge in [-0.3, -0.25) is 4.79 Å². The SMILES string of the molecule is Cc1cccc(NC(=O)COc2c(Cl)cccc2Cl)c1C. The Morgan fingerprint density at radius 3 is 2.38 bits per heavy atom. The molecule has 0 fully saturated rings. The summed E-state index contributed by atoms with van der Waals surface area (Å²) in [5.74, 6) is 0.0524. The van der Waals surface area contributed by atoms with Crippen molar-refractivity contribution in [2.75, 3.05) is 11.9 Å². The van der Waals surface area contributed by atoms with Crippen LogP contribution in [0.1, 0.15) is 11.1 Å². The number of aryl methyl sites for hydroxylation is 1. The highest BCUT2D eigenvalue weighted by molar-refractivity contribution is 6.37. The Hall–Kier alpha value is -1.71. The fraction of sp³-hybridized carbons (Fsp3) is 0.188. The molecule has 21 heavy (non-hydrogen) atoms. The Bertz CT molecular complexity index is 651. The first kappa shape index (κ1) is 15.7. The highest BCUT2D eigenvalue weighted by Gasteiger charge is 2.10. The minimum absolute atomic E-state index is 0.156. The van der Waals surface area contributed by atoms with Crippen LogP contribution in [0.5, 0.6) is 5.75 Å². The Morgan fingerprint density at radius 1 is 1.10 bits per heavy atom. The molecule has 0 aromatic heterocycles. The molecule has 0 atom stereocenters. The van der Waals surface area contributed by atoms with Crippen molar-refractivity contribution in [1.82, 2.24) is 0 Å². The molecule has 0 aliphatic carbocycles. The van der Waals surface area contributed by atoms with Gasteiger partial charge in [0.1, 0.15) is 0 Å². The number of nitrogens with one attached hydrogen (secondary N) is 1. The van der Waals surface area contributed by atoms with E-state index in [-0.39, 0.29) is 12.5 Å². The molecule has 5 heteroatoms. The quantitative estimate of drug-likeness (QED) is 0.890. The summed E-state index contributed by atoms with van der Waals surface area (Å²) in [4.78, 5) is 11.9. The molecular formula is C16H15Cl2NO2. The lowest BCUT2D eigenvalue weighted by Gasteiger charge is -2.12. The van der Waals surface area contributed by atoms with Crippen molar-refractivity contribution in [3.05, 3.63) is 57.6 Å². The molecule has 2 rings (SSSR count). The van der Waals surface area contributed by atoms with E-state index in [1.807, 2.05) is 32.0 Å². The Balaban J connectivity index is 2.01. The van der Waals surface area contributed by atoms with Gasteiger partial charge in [-0.2, -0.15) is 0 Å². The highest BCUT2D eigenvalue weighted by Crippen LogP contribution is 2.32. The maximum atomic E-state index is 11.9. The van der Waals surface area contributed by atoms with Gasteiger partial charge in [0.15, 0.2) is 12.4 Å². The first-order chi connectivity index (χ1) is 9.99. The molecule has 2 aromatic carbocycles. The van der Waals surface area contributed by atoms with Crippen LogP contribution < -0.4 is 10.1 Å². The molecule has 3 nitrogen and oxygen atoms in total. The summed E-state index contributed by atoms with van der Waals surface area (Å²) in [6.07, 6.45) is 0. The first-order valence-corrected chi connectivity index (χ1v) is 7.17. The lowest BCUT2D eigenvalue weighted by Crippen LogP contribution is -2.21. The number of anilines is 1. The smallest absolute Gasteiger partial charge is 0.262 e. The topological polar surface area (TPSA) is 38.3 Å². The number of para-hydroxylation sites is 1. The summed E-state index contributed by atoms with van der Waals surface area (Å²) < 4.78 is 5.40. The number of rotatable bonds is 4. The van der Waals surface area contributed by atoms with Crippen molar-refractivity contribution in [3.8, 4) is 5.75 Å². The van der Waals surface area contributed by atoms with Crippen molar-refractivity contribution in [3.63, 3.8) is 0 Å². The summed E-state index contributed by atoms with van der Waals surface area (Å²) >= 11 is 12.0. The second-order valence-electron chi connectivity index (χ2n) is 4.64. The predicted octanol–water partition coefficient (Wildman–Crippen LogP) is 4.63. The van der Waals surface area contributed by atoms with Crippen LogP contribution in [-0.4, -0.2) is 12.5 Å². The van der Waals surface area contributed by atoms with Gasteiger partial charge in [-0.15, -0.1) is 0 Å². The monoisotopic (exact) mass is 323 g/mol. The van der Waals surface area contributed by atoms with Gasteiger partial charge in [0, 0.05) is 5.69 Å². The lowest BCUT2D eigenvalue weighted by atomic mass is 10.1. The molecule has 2 aromatic rings. The number of amides is 1. The number of carbonyl (C=O) groups is 1. The van der Waals surface area contributed by atoms with Gasteiger partial charge in [-0.1, -0.05) is 41.4 Å². The zero-order valence-corrected chi connectivity index (χ0v) is 13.3. The largest absolute Gasteiger partial charge is 0.481 e. The minimum atomic E-state index is -0.264. The van der Waals surface area contributed by atoms with Crippen LogP contribution in [0.3, 0.4) is 0 Å². The molecule has 0 unspecified atom stereocenters. The summed E-state index contributed by atoms with van der Waals surface area (Å²) in [7, 11) is 0. The van der Waals surface area contributed by atoms with Gasteiger partial charge >= 0.3 is 0 Å². The van der Waals surface area contributed by atoms with E-state index >= 15 is 0 Å². The van der Waals surface area contributed by atoms with Gasteiger partial charge in [-0.25, -0.2) is 0 Å². The van der Waals surface area contributed by atoms with Crippen molar-refractivity contribution in [1.29, 1.82) is 0 Å². The van der Waals surface area contributed by atoms with Gasteiger partial charge in [-0.05, 0) is 43.2 Å². The maximum Gasteiger partial charge on any atom is 0.262 e. The molecule has 0 aliphatic rings. The Labute approximate surface area is 133 Å². The van der Waals surface area contributed by atoms with Gasteiger partial charge in [0.05, 0.1) is 10.0 Å². The molecule has 1 N–H and O–H groups in total. The maximum absolute atomic E-state index is 11.9. The van der Waals surface area contributed by atoms with Crippen molar-refractivity contribution >= 4 is 34.8 Å². The number of hydrogen-bond acceptors (Lipinski definition) is 2. The first-order valence-electron chi connectivity index (χ1n) is 6.42. The molecule has 0 saturated carbocycles. The normalized spacial score (nSPS) is 10.3. The summed E-state index contributed by atoms with van der Waals surface area (Å²) in [5.41, 5.74) is 2.92. The third kappa shape index (κ3) is 3.90. The van der Waals surface area contributed by atoms with Crippen LogP contribution in [0.15, 0.2) is 36.4 Å². The van der Waals surface area contributed by atoms with Gasteiger partial charge in [0.25, 0.3) is 5.91 Å². The fourth-order valence-corrected chi connectivity index (χ4v) is 2.34. The van der Waals surface area contributed by atoms with E-state index in [1.54, 1.807) is 18.2 Å². The van der Waals surface area contributed by atoms with Crippen LogP contribution in [0.25, 0.3) is 0 Å². The predicted molar refractivity (Wildman–Crippen MR) is 86.5 cm³/mol. The number of halogens is 2. The molecular weight excluding hydrogens is 309 g/mol. The molecule has 1 amide bonds. The molecule has 0 saturated heterocycles. The standard InChI is InChI=1S/C16H15Cl2NO2/c1-10-5-3-8-14(11(10)2)19-15(20)9-21-16-12(17)6-4-7-13(16)18/h3-8H,9H2,1-2H3,(H,19,20). The van der Waals surface area contributed by atoms with Gasteiger partial charge in [0.2, 0.25) is 0 Å². The van der Waals surface area contributed by atoms with E-state index in [0.717, 1.165) is 16.8 Å². The van der Waals surface area contributed by atoms with Crippen LogP contribution in [0, 0.1) is 13.8 Å². The van der Waals surface area contributed by atoms with Crippen LogP contribution >= 0.6 is 23.2 Å². The Kier molecular flexibility index (Phi) is 5.10. The molecule has 0 heterocycles. The van der Waals surface area contributed by atoms with Crippen molar-refractivity contribution < 1.29 is 9.53 Å². The Morgan fingerprint density at radius 2 is 1.71 bits per heavy atom. The summed E-state index contributed by atoms with van der Waals surface area (Å²) in [6.45, 7) is 3.79. The van der Waals surface area contributed by atoms with E-state index in [2.05, 4.69) is 5.32 Å². The third-order valence-corrected chi connectivity index (χ3v) is 3.74. The number of benzene rings is 2. The zero-order chi connectivity index (χ0) is 15.4. The fourth-order valence-electron chi connectivity index (χ4n) is 1.83. The average molecular weight is 324 g/mol. The molecule has 110 valence electrons. The molecule has 0 aliphatic heterocycles. The second kappa shape index (κ2) is 6.83. The van der Waals surface area contributed by atoms with Gasteiger partial charge < -0.3 is 10.1 Å². The highest BCUT2D eigenvalue weighted by atomic mass is 35.5. The molecule has 0 bridgehead atoms. The van der Waals surface area contributed by atoms with Crippen LogP contribution in [-0.2, 0) is 4.79 Å². The average Bonchev–Trinajstić information content (AvgIpc) is 2.43. The number of hydrogen-bond donors (Lipinski definition) is 1. The van der Waals surface area contributed by atoms with Crippen LogP contribution in [0.4, 0.5) is 5.69 Å². The zero-order valence-electron chi connectivity index (χ0n) is 11.7. The molecule has 0 spiro atoms. The number of ether oxygens (including phenoxy) is 1. The number of carbonyl (C=O) groups excluding carboxylic acids is 1. The van der Waals surface area contributed by atoms with E-state index in [1.165, 1.54) is 0 Å². The van der Waals surface area contributed by atoms with E-state index in [0.29, 0.717) is 15.8 Å². The lowest BCUT2D eigenvalue weighted by molar-refractivity contribution is -0.118. The van der Waals surface area contributed by atoms with Crippen LogP contribution in [0.2, 0.25) is 10.0 Å². The third-order valence-electron chi connectivity index (χ3n) is 3.15.